The molecule has 10 nitrogen and oxygen atoms in total. The molecule has 0 aromatic heterocycles. The summed E-state index contributed by atoms with van der Waals surface area (Å²) in [6, 6.07) is 19.1. The predicted octanol–water partition coefficient (Wildman–Crippen LogP) is 5.00. The number of hydrogen-bond acceptors (Lipinski definition) is 9. The molecular formula is C29H24Cl2N4O6S. The van der Waals surface area contributed by atoms with Crippen molar-refractivity contribution in [3.63, 3.8) is 0 Å². The molecule has 1 unspecified atom stereocenters. The number of nitrogens with one attached hydrogen (secondary N) is 1. The summed E-state index contributed by atoms with van der Waals surface area (Å²) in [6.45, 7) is 1.82. The van der Waals surface area contributed by atoms with Crippen LogP contribution in [-0.4, -0.2) is 34.6 Å². The van der Waals surface area contributed by atoms with Gasteiger partial charge in [-0.2, -0.15) is 5.26 Å². The smallest absolute Gasteiger partial charge is 0.355 e. The number of sulfonamides is 1. The largest absolute Gasteiger partial charge is 0.466 e. The van der Waals surface area contributed by atoms with Gasteiger partial charge in [-0.15, -0.1) is 0 Å². The van der Waals surface area contributed by atoms with Crippen molar-refractivity contribution in [1.29, 1.82) is 5.26 Å². The van der Waals surface area contributed by atoms with Gasteiger partial charge in [-0.05, 0) is 36.8 Å². The highest BCUT2D eigenvalue weighted by molar-refractivity contribution is 7.92. The molecule has 0 aliphatic carbocycles. The van der Waals surface area contributed by atoms with E-state index in [4.69, 9.17) is 38.4 Å². The molecule has 3 N–H and O–H groups in total. The third kappa shape index (κ3) is 5.65. The second-order valence-corrected chi connectivity index (χ2v) is 11.5. The van der Waals surface area contributed by atoms with Crippen LogP contribution in [0.1, 0.15) is 17.0 Å². The van der Waals surface area contributed by atoms with Crippen molar-refractivity contribution < 1.29 is 27.5 Å². The summed E-state index contributed by atoms with van der Waals surface area (Å²) in [5, 5.41) is 10.1. The van der Waals surface area contributed by atoms with E-state index in [-0.39, 0.29) is 49.0 Å². The van der Waals surface area contributed by atoms with Gasteiger partial charge in [-0.25, -0.2) is 18.0 Å². The number of nitrogens with zero attached hydrogens (tertiary/aromatic N) is 2. The van der Waals surface area contributed by atoms with Crippen LogP contribution in [0.15, 0.2) is 94.3 Å². The van der Waals surface area contributed by atoms with Gasteiger partial charge in [-0.1, -0.05) is 71.2 Å². The summed E-state index contributed by atoms with van der Waals surface area (Å²) in [7, 11) is -1.89. The Morgan fingerprint density at radius 2 is 1.60 bits per heavy atom. The third-order valence-electron chi connectivity index (χ3n) is 6.46. The van der Waals surface area contributed by atoms with E-state index in [0.717, 1.165) is 24.7 Å². The Morgan fingerprint density at radius 1 is 0.976 bits per heavy atom. The average Bonchev–Trinajstić information content (AvgIpc) is 2.98. The van der Waals surface area contributed by atoms with Gasteiger partial charge >= 0.3 is 11.9 Å². The normalized spacial score (nSPS) is 15.2. The number of esters is 2. The monoisotopic (exact) mass is 626 g/mol. The van der Waals surface area contributed by atoms with Crippen LogP contribution in [0.3, 0.4) is 0 Å². The Bertz CT molecular complexity index is 1780. The summed E-state index contributed by atoms with van der Waals surface area (Å²) in [5.41, 5.74) is 6.97. The standard InChI is InChI=1S/C29H24Cl2N4O6S/c1-16-9-11-18(12-10-16)42(38,39)34-22-14-23(21(31)13-20(22)30)35-26(29(37)41-3)25(28(36)40-2)24(19(15-32)27(35)33)17-7-5-4-6-8-17/h4-14,24,34H,33H2,1-3H3. The number of aryl methyl sites for hydroxylation is 1. The number of halogens is 2. The molecule has 3 aromatic rings. The van der Waals surface area contributed by atoms with E-state index in [2.05, 4.69) is 4.72 Å². The molecule has 13 heteroatoms. The second kappa shape index (κ2) is 12.2. The molecule has 4 rings (SSSR count). The van der Waals surface area contributed by atoms with Crippen LogP contribution < -0.4 is 15.4 Å². The molecule has 0 fully saturated rings. The lowest BCUT2D eigenvalue weighted by Gasteiger charge is -2.36. The number of carbonyl (C=O) groups excluding carboxylic acids is 2. The minimum absolute atomic E-state index is 0.0290. The SMILES string of the molecule is COC(=O)C1=C(C(=O)OC)N(c2cc(NS(=O)(=O)c3ccc(C)cc3)c(Cl)cc2Cl)C(N)=C(C#N)C1c1ccccc1. The number of rotatable bonds is 7. The first-order valence-electron chi connectivity index (χ1n) is 12.2. The highest BCUT2D eigenvalue weighted by Gasteiger charge is 2.43. The minimum atomic E-state index is -4.12. The zero-order valence-corrected chi connectivity index (χ0v) is 24.8. The van der Waals surface area contributed by atoms with Crippen LogP contribution in [-0.2, 0) is 29.1 Å². The van der Waals surface area contributed by atoms with Gasteiger partial charge in [-0.3, -0.25) is 9.62 Å². The number of carbonyl (C=O) groups is 2. The molecule has 1 aliphatic heterocycles. The predicted molar refractivity (Wildman–Crippen MR) is 158 cm³/mol. The average molecular weight is 628 g/mol. The summed E-state index contributed by atoms with van der Waals surface area (Å²) in [4.78, 5) is 27.6. The van der Waals surface area contributed by atoms with Gasteiger partial charge in [0.15, 0.2) is 0 Å². The number of hydrogen-bond donors (Lipinski definition) is 2. The third-order valence-corrected chi connectivity index (χ3v) is 8.46. The van der Waals surface area contributed by atoms with Gasteiger partial charge in [0, 0.05) is 0 Å². The maximum absolute atomic E-state index is 13.3. The molecule has 216 valence electrons. The first-order valence-corrected chi connectivity index (χ1v) is 14.4. The highest BCUT2D eigenvalue weighted by atomic mass is 35.5. The number of ether oxygens (including phenoxy) is 2. The van der Waals surface area contributed by atoms with E-state index < -0.39 is 27.9 Å². The lowest BCUT2D eigenvalue weighted by Crippen LogP contribution is -2.41. The number of methoxy groups -OCH3 is 2. The number of benzene rings is 3. The molecule has 1 heterocycles. The van der Waals surface area contributed by atoms with Crippen LogP contribution >= 0.6 is 23.2 Å². The van der Waals surface area contributed by atoms with Crippen LogP contribution in [0.2, 0.25) is 10.0 Å². The van der Waals surface area contributed by atoms with Gasteiger partial charge in [0.25, 0.3) is 10.0 Å². The first kappa shape index (κ1) is 30.5. The molecule has 0 bridgehead atoms. The van der Waals surface area contributed by atoms with Gasteiger partial charge in [0.1, 0.15) is 11.5 Å². The molecule has 0 radical (unpaired) electrons. The van der Waals surface area contributed by atoms with E-state index in [1.54, 1.807) is 42.5 Å². The van der Waals surface area contributed by atoms with E-state index >= 15 is 0 Å². The minimum Gasteiger partial charge on any atom is -0.466 e. The highest BCUT2D eigenvalue weighted by Crippen LogP contribution is 2.46. The van der Waals surface area contributed by atoms with Crippen molar-refractivity contribution in [3.05, 3.63) is 111 Å². The summed E-state index contributed by atoms with van der Waals surface area (Å²) in [5.74, 6) is -3.28. The molecule has 1 aliphatic rings. The van der Waals surface area contributed by atoms with Crippen LogP contribution in [0.4, 0.5) is 11.4 Å². The Morgan fingerprint density at radius 3 is 2.17 bits per heavy atom. The number of nitrogens with two attached hydrogens (primary N) is 1. The Labute approximate surface area is 252 Å². The van der Waals surface area contributed by atoms with Gasteiger partial charge < -0.3 is 15.2 Å². The number of nitriles is 1. The van der Waals surface area contributed by atoms with Crippen molar-refractivity contribution in [2.45, 2.75) is 17.7 Å². The molecule has 0 saturated carbocycles. The summed E-state index contributed by atoms with van der Waals surface area (Å²) in [6.07, 6.45) is 0. The molecule has 0 amide bonds. The second-order valence-electron chi connectivity index (χ2n) is 9.04. The van der Waals surface area contributed by atoms with Crippen molar-refractivity contribution in [2.75, 3.05) is 23.8 Å². The fraction of sp³-hybridized carbons (Fsp3) is 0.138. The van der Waals surface area contributed by atoms with Crippen molar-refractivity contribution in [3.8, 4) is 6.07 Å². The van der Waals surface area contributed by atoms with Crippen molar-refractivity contribution in [1.82, 2.24) is 0 Å². The molecule has 0 spiro atoms. The van der Waals surface area contributed by atoms with Crippen molar-refractivity contribution >= 4 is 56.5 Å². The van der Waals surface area contributed by atoms with E-state index in [1.807, 2.05) is 13.0 Å². The zero-order chi connectivity index (χ0) is 30.8. The number of allylic oxidation sites excluding steroid dienone is 1. The Balaban J connectivity index is 1.99. The maximum atomic E-state index is 13.3. The lowest BCUT2D eigenvalue weighted by molar-refractivity contribution is -0.139. The first-order chi connectivity index (χ1) is 19.9. The molecule has 1 atom stereocenters. The fourth-order valence-corrected chi connectivity index (χ4v) is 6.11. The Hall–Kier alpha value is -4.50. The van der Waals surface area contributed by atoms with Gasteiger partial charge in [0.2, 0.25) is 0 Å². The fourth-order valence-electron chi connectivity index (χ4n) is 4.47. The van der Waals surface area contributed by atoms with E-state index in [1.165, 1.54) is 24.3 Å². The lowest BCUT2D eigenvalue weighted by atomic mass is 9.81. The molecular weight excluding hydrogens is 603 g/mol. The van der Waals surface area contributed by atoms with E-state index in [0.29, 0.717) is 5.56 Å². The molecule has 0 saturated heterocycles. The Kier molecular flexibility index (Phi) is 8.82. The van der Waals surface area contributed by atoms with Gasteiger partial charge in [0.05, 0.1) is 63.7 Å². The maximum Gasteiger partial charge on any atom is 0.355 e. The van der Waals surface area contributed by atoms with E-state index in [9.17, 15) is 23.3 Å². The molecule has 42 heavy (non-hydrogen) atoms. The van der Waals surface area contributed by atoms with Crippen LogP contribution in [0.25, 0.3) is 0 Å². The summed E-state index contributed by atoms with van der Waals surface area (Å²) >= 11 is 12.9. The van der Waals surface area contributed by atoms with Crippen LogP contribution in [0, 0.1) is 18.3 Å². The van der Waals surface area contributed by atoms with Crippen molar-refractivity contribution in [2.24, 2.45) is 5.73 Å². The quantitative estimate of drug-likeness (QED) is 0.345. The number of anilines is 2. The van der Waals surface area contributed by atoms with Crippen LogP contribution in [0.5, 0.6) is 0 Å². The molecule has 3 aromatic carbocycles. The zero-order valence-electron chi connectivity index (χ0n) is 22.5. The topological polar surface area (TPSA) is 152 Å². The summed E-state index contributed by atoms with van der Waals surface area (Å²) < 4.78 is 38.8.